The standard InChI is InChI=1S/C22H29N3O2/c1-16(2)21-23-13-18(14-24-21)22(27)25(19-11-7-4-8-12-19)15-20(26)17-9-5-3-6-10-17/h3,5-6,9-10,13-14,16,19-20,26H,4,7-8,11-12,15H2,1-2H3. The molecule has 1 heterocycles. The summed E-state index contributed by atoms with van der Waals surface area (Å²) in [5, 5.41) is 10.7. The number of carbonyl (C=O) groups is 1. The molecule has 1 N–H and O–H groups in total. The first kappa shape index (κ1) is 19.5. The number of benzene rings is 1. The third-order valence-electron chi connectivity index (χ3n) is 5.27. The van der Waals surface area contributed by atoms with Crippen LogP contribution in [0.3, 0.4) is 0 Å². The van der Waals surface area contributed by atoms with Crippen LogP contribution >= 0.6 is 0 Å². The van der Waals surface area contributed by atoms with Gasteiger partial charge in [-0.05, 0) is 18.4 Å². The first-order valence-electron chi connectivity index (χ1n) is 9.92. The Bertz CT molecular complexity index is 725. The number of hydrogen-bond donors (Lipinski definition) is 1. The zero-order valence-electron chi connectivity index (χ0n) is 16.2. The molecule has 1 aromatic carbocycles. The van der Waals surface area contributed by atoms with E-state index in [1.54, 1.807) is 12.4 Å². The van der Waals surface area contributed by atoms with Crippen molar-refractivity contribution in [2.75, 3.05) is 6.54 Å². The van der Waals surface area contributed by atoms with Gasteiger partial charge in [0.25, 0.3) is 5.91 Å². The SMILES string of the molecule is CC(C)c1ncc(C(=O)N(CC(O)c2ccccc2)C2CCCCC2)cn1. The van der Waals surface area contributed by atoms with Gasteiger partial charge in [0.1, 0.15) is 5.82 Å². The minimum Gasteiger partial charge on any atom is -0.387 e. The second-order valence-corrected chi connectivity index (χ2v) is 7.66. The molecule has 0 aliphatic heterocycles. The van der Waals surface area contributed by atoms with Crippen molar-refractivity contribution >= 4 is 5.91 Å². The molecule has 5 nitrogen and oxygen atoms in total. The fourth-order valence-corrected chi connectivity index (χ4v) is 3.67. The number of amides is 1. The highest BCUT2D eigenvalue weighted by atomic mass is 16.3. The lowest BCUT2D eigenvalue weighted by atomic mass is 9.93. The Kier molecular flexibility index (Phi) is 6.56. The number of aromatic nitrogens is 2. The summed E-state index contributed by atoms with van der Waals surface area (Å²) in [5.74, 6) is 0.871. The van der Waals surface area contributed by atoms with E-state index >= 15 is 0 Å². The van der Waals surface area contributed by atoms with Gasteiger partial charge in [-0.25, -0.2) is 9.97 Å². The molecule has 3 rings (SSSR count). The Hall–Kier alpha value is -2.27. The lowest BCUT2D eigenvalue weighted by Gasteiger charge is -2.35. The molecule has 2 aromatic rings. The lowest BCUT2D eigenvalue weighted by Crippen LogP contribution is -2.44. The summed E-state index contributed by atoms with van der Waals surface area (Å²) in [6.07, 6.45) is 7.97. The van der Waals surface area contributed by atoms with Crippen LogP contribution in [0.2, 0.25) is 0 Å². The van der Waals surface area contributed by atoms with Crippen LogP contribution in [0.25, 0.3) is 0 Å². The summed E-state index contributed by atoms with van der Waals surface area (Å²) in [6.45, 7) is 4.35. The maximum Gasteiger partial charge on any atom is 0.257 e. The molecule has 1 unspecified atom stereocenters. The quantitative estimate of drug-likeness (QED) is 0.834. The van der Waals surface area contributed by atoms with Crippen molar-refractivity contribution in [3.8, 4) is 0 Å². The van der Waals surface area contributed by atoms with Crippen molar-refractivity contribution in [1.29, 1.82) is 0 Å². The highest BCUT2D eigenvalue weighted by molar-refractivity contribution is 5.93. The molecule has 27 heavy (non-hydrogen) atoms. The van der Waals surface area contributed by atoms with Crippen molar-refractivity contribution in [3.05, 3.63) is 59.7 Å². The van der Waals surface area contributed by atoms with Crippen LogP contribution in [-0.2, 0) is 0 Å². The van der Waals surface area contributed by atoms with Gasteiger partial charge in [-0.15, -0.1) is 0 Å². The Balaban J connectivity index is 1.81. The largest absolute Gasteiger partial charge is 0.387 e. The molecule has 1 amide bonds. The van der Waals surface area contributed by atoms with Gasteiger partial charge >= 0.3 is 0 Å². The minimum absolute atomic E-state index is 0.0906. The van der Waals surface area contributed by atoms with Gasteiger partial charge in [0, 0.05) is 24.4 Å². The zero-order chi connectivity index (χ0) is 19.2. The molecule has 1 atom stereocenters. The molecule has 0 bridgehead atoms. The smallest absolute Gasteiger partial charge is 0.257 e. The van der Waals surface area contributed by atoms with Gasteiger partial charge in [0.2, 0.25) is 0 Å². The van der Waals surface area contributed by atoms with Gasteiger partial charge in [-0.2, -0.15) is 0 Å². The summed E-state index contributed by atoms with van der Waals surface area (Å²) in [7, 11) is 0. The highest BCUT2D eigenvalue weighted by Crippen LogP contribution is 2.26. The third kappa shape index (κ3) is 4.92. The van der Waals surface area contributed by atoms with Crippen molar-refractivity contribution in [2.24, 2.45) is 0 Å². The molecule has 0 saturated heterocycles. The number of aliphatic hydroxyl groups is 1. The van der Waals surface area contributed by atoms with Gasteiger partial charge in [0.05, 0.1) is 18.2 Å². The van der Waals surface area contributed by atoms with E-state index in [1.807, 2.05) is 49.1 Å². The van der Waals surface area contributed by atoms with Gasteiger partial charge in [-0.1, -0.05) is 63.4 Å². The fourth-order valence-electron chi connectivity index (χ4n) is 3.67. The van der Waals surface area contributed by atoms with Gasteiger partial charge in [0.15, 0.2) is 0 Å². The number of carbonyl (C=O) groups excluding carboxylic acids is 1. The minimum atomic E-state index is -0.701. The molecular weight excluding hydrogens is 338 g/mol. The molecule has 144 valence electrons. The third-order valence-corrected chi connectivity index (χ3v) is 5.27. The molecule has 0 radical (unpaired) electrons. The number of rotatable bonds is 6. The fraction of sp³-hybridized carbons (Fsp3) is 0.500. The van der Waals surface area contributed by atoms with E-state index in [2.05, 4.69) is 9.97 Å². The summed E-state index contributed by atoms with van der Waals surface area (Å²) < 4.78 is 0. The Labute approximate surface area is 161 Å². The van der Waals surface area contributed by atoms with Crippen LogP contribution in [0.5, 0.6) is 0 Å². The predicted molar refractivity (Wildman–Crippen MR) is 105 cm³/mol. The van der Waals surface area contributed by atoms with E-state index in [4.69, 9.17) is 0 Å². The van der Waals surface area contributed by atoms with Crippen molar-refractivity contribution in [3.63, 3.8) is 0 Å². The summed E-state index contributed by atoms with van der Waals surface area (Å²) in [6, 6.07) is 9.69. The Morgan fingerprint density at radius 2 is 1.74 bits per heavy atom. The molecule has 0 spiro atoms. The van der Waals surface area contributed by atoms with Crippen LogP contribution in [0.1, 0.15) is 79.7 Å². The summed E-state index contributed by atoms with van der Waals surface area (Å²) in [5.41, 5.74) is 1.32. The molecule has 1 aliphatic carbocycles. The van der Waals surface area contributed by atoms with Crippen LogP contribution in [0, 0.1) is 0 Å². The molecule has 1 aromatic heterocycles. The van der Waals surface area contributed by atoms with Crippen molar-refractivity contribution < 1.29 is 9.90 Å². The van der Waals surface area contributed by atoms with E-state index < -0.39 is 6.10 Å². The van der Waals surface area contributed by atoms with Crippen LogP contribution in [-0.4, -0.2) is 38.5 Å². The van der Waals surface area contributed by atoms with E-state index in [0.717, 1.165) is 37.1 Å². The van der Waals surface area contributed by atoms with Crippen LogP contribution in [0.4, 0.5) is 0 Å². The first-order chi connectivity index (χ1) is 13.1. The van der Waals surface area contributed by atoms with Crippen molar-refractivity contribution in [1.82, 2.24) is 14.9 Å². The van der Waals surface area contributed by atoms with Gasteiger partial charge < -0.3 is 10.0 Å². The van der Waals surface area contributed by atoms with Crippen molar-refractivity contribution in [2.45, 2.75) is 64.0 Å². The molecule has 1 aliphatic rings. The predicted octanol–water partition coefficient (Wildman–Crippen LogP) is 4.11. The Morgan fingerprint density at radius 3 is 2.33 bits per heavy atom. The molecule has 5 heteroatoms. The Morgan fingerprint density at radius 1 is 1.11 bits per heavy atom. The first-order valence-corrected chi connectivity index (χ1v) is 9.92. The number of nitrogens with zero attached hydrogens (tertiary/aromatic N) is 3. The molecule has 1 fully saturated rings. The topological polar surface area (TPSA) is 66.3 Å². The average molecular weight is 367 g/mol. The number of aliphatic hydroxyl groups excluding tert-OH is 1. The lowest BCUT2D eigenvalue weighted by molar-refractivity contribution is 0.0453. The van der Waals surface area contributed by atoms with Crippen LogP contribution in [0.15, 0.2) is 42.7 Å². The zero-order valence-corrected chi connectivity index (χ0v) is 16.2. The monoisotopic (exact) mass is 367 g/mol. The second kappa shape index (κ2) is 9.09. The normalized spacial score (nSPS) is 16.3. The highest BCUT2D eigenvalue weighted by Gasteiger charge is 2.29. The van der Waals surface area contributed by atoms with E-state index in [9.17, 15) is 9.90 Å². The van der Waals surface area contributed by atoms with E-state index in [-0.39, 0.29) is 17.9 Å². The summed E-state index contributed by atoms with van der Waals surface area (Å²) >= 11 is 0. The van der Waals surface area contributed by atoms with E-state index in [0.29, 0.717) is 12.1 Å². The van der Waals surface area contributed by atoms with Crippen LogP contribution < -0.4 is 0 Å². The van der Waals surface area contributed by atoms with E-state index in [1.165, 1.54) is 6.42 Å². The number of hydrogen-bond acceptors (Lipinski definition) is 4. The molecular formula is C22H29N3O2. The average Bonchev–Trinajstić information content (AvgIpc) is 2.72. The molecule has 1 saturated carbocycles. The maximum atomic E-state index is 13.2. The second-order valence-electron chi connectivity index (χ2n) is 7.66. The maximum absolute atomic E-state index is 13.2. The summed E-state index contributed by atoms with van der Waals surface area (Å²) in [4.78, 5) is 23.8. The van der Waals surface area contributed by atoms with Gasteiger partial charge in [-0.3, -0.25) is 4.79 Å².